The van der Waals surface area contributed by atoms with Crippen LogP contribution in [-0.4, -0.2) is 12.5 Å². The topological polar surface area (TPSA) is 55.1 Å². The van der Waals surface area contributed by atoms with Crippen LogP contribution in [0.5, 0.6) is 0 Å². The van der Waals surface area contributed by atoms with Gasteiger partial charge >= 0.3 is 0 Å². The smallest absolute Gasteiger partial charge is 0.253 e. The van der Waals surface area contributed by atoms with E-state index in [9.17, 15) is 4.79 Å². The number of carbonyl (C=O) groups is 1. The Morgan fingerprint density at radius 1 is 1.20 bits per heavy atom. The highest BCUT2D eigenvalue weighted by Crippen LogP contribution is 2.17. The highest BCUT2D eigenvalue weighted by molar-refractivity contribution is 6.31. The third kappa shape index (κ3) is 3.75. The molecule has 0 aliphatic heterocycles. The molecule has 0 heterocycles. The summed E-state index contributed by atoms with van der Waals surface area (Å²) in [5.41, 5.74) is 9.04. The van der Waals surface area contributed by atoms with E-state index in [0.29, 0.717) is 22.8 Å². The zero-order valence-corrected chi connectivity index (χ0v) is 12.1. The van der Waals surface area contributed by atoms with Crippen LogP contribution < -0.4 is 11.1 Å². The van der Waals surface area contributed by atoms with Gasteiger partial charge in [-0.3, -0.25) is 4.79 Å². The predicted molar refractivity (Wildman–Crippen MR) is 83.1 cm³/mol. The number of anilines is 1. The number of halogens is 1. The van der Waals surface area contributed by atoms with Crippen molar-refractivity contribution in [2.75, 3.05) is 12.3 Å². The summed E-state index contributed by atoms with van der Waals surface area (Å²) in [4.78, 5) is 12.0. The first-order valence-corrected chi connectivity index (χ1v) is 6.83. The minimum absolute atomic E-state index is 0.197. The normalized spacial score (nSPS) is 10.3. The number of amides is 1. The zero-order chi connectivity index (χ0) is 14.5. The number of hydrogen-bond acceptors (Lipinski definition) is 2. The standard InChI is InChI=1S/C16H17ClN2O/c1-11-2-4-12(5-3-11)8-9-19-16(20)14-10-13(17)6-7-15(14)18/h2-7,10H,8-9,18H2,1H3,(H,19,20). The maximum Gasteiger partial charge on any atom is 0.253 e. The van der Waals surface area contributed by atoms with Gasteiger partial charge in [0.05, 0.1) is 5.56 Å². The highest BCUT2D eigenvalue weighted by atomic mass is 35.5. The van der Waals surface area contributed by atoms with Gasteiger partial charge in [0.15, 0.2) is 0 Å². The minimum atomic E-state index is -0.197. The summed E-state index contributed by atoms with van der Waals surface area (Å²) in [5, 5.41) is 3.36. The number of nitrogens with one attached hydrogen (secondary N) is 1. The van der Waals surface area contributed by atoms with E-state index in [4.69, 9.17) is 17.3 Å². The molecule has 104 valence electrons. The second-order valence-corrected chi connectivity index (χ2v) is 5.16. The van der Waals surface area contributed by atoms with E-state index < -0.39 is 0 Å². The number of benzene rings is 2. The Morgan fingerprint density at radius 3 is 2.60 bits per heavy atom. The van der Waals surface area contributed by atoms with Crippen LogP contribution in [0.1, 0.15) is 21.5 Å². The first-order chi connectivity index (χ1) is 9.56. The third-order valence-corrected chi connectivity index (χ3v) is 3.31. The molecule has 2 rings (SSSR count). The lowest BCUT2D eigenvalue weighted by atomic mass is 10.1. The Kier molecular flexibility index (Phi) is 4.64. The Morgan fingerprint density at radius 2 is 1.90 bits per heavy atom. The molecule has 1 amide bonds. The molecule has 0 aliphatic carbocycles. The van der Waals surface area contributed by atoms with Gasteiger partial charge in [-0.1, -0.05) is 41.4 Å². The highest BCUT2D eigenvalue weighted by Gasteiger charge is 2.09. The second-order valence-electron chi connectivity index (χ2n) is 4.72. The zero-order valence-electron chi connectivity index (χ0n) is 11.3. The SMILES string of the molecule is Cc1ccc(CCNC(=O)c2cc(Cl)ccc2N)cc1. The summed E-state index contributed by atoms with van der Waals surface area (Å²) in [6.07, 6.45) is 0.784. The number of nitrogens with two attached hydrogens (primary N) is 1. The molecule has 0 saturated heterocycles. The maximum absolute atomic E-state index is 12.0. The molecule has 0 aromatic heterocycles. The number of rotatable bonds is 4. The molecule has 0 atom stereocenters. The van der Waals surface area contributed by atoms with Gasteiger partial charge in [-0.05, 0) is 37.1 Å². The first-order valence-electron chi connectivity index (χ1n) is 6.45. The molecule has 3 nitrogen and oxygen atoms in total. The Balaban J connectivity index is 1.92. The van der Waals surface area contributed by atoms with Crippen LogP contribution in [0.25, 0.3) is 0 Å². The van der Waals surface area contributed by atoms with E-state index in [2.05, 4.69) is 29.6 Å². The van der Waals surface area contributed by atoms with Gasteiger partial charge in [-0.2, -0.15) is 0 Å². The van der Waals surface area contributed by atoms with Crippen LogP contribution in [0.15, 0.2) is 42.5 Å². The largest absolute Gasteiger partial charge is 0.398 e. The average Bonchev–Trinajstić information content (AvgIpc) is 2.43. The van der Waals surface area contributed by atoms with Crippen molar-refractivity contribution in [2.24, 2.45) is 0 Å². The van der Waals surface area contributed by atoms with Crippen molar-refractivity contribution in [3.8, 4) is 0 Å². The predicted octanol–water partition coefficient (Wildman–Crippen LogP) is 3.20. The van der Waals surface area contributed by atoms with Gasteiger partial charge in [0.1, 0.15) is 0 Å². The molecule has 0 fully saturated rings. The minimum Gasteiger partial charge on any atom is -0.398 e. The molecule has 0 saturated carbocycles. The Bertz CT molecular complexity index is 608. The molecule has 2 aromatic carbocycles. The fourth-order valence-electron chi connectivity index (χ4n) is 1.90. The average molecular weight is 289 g/mol. The number of nitrogen functional groups attached to an aromatic ring is 1. The van der Waals surface area contributed by atoms with Gasteiger partial charge in [-0.15, -0.1) is 0 Å². The van der Waals surface area contributed by atoms with Crippen molar-refractivity contribution < 1.29 is 4.79 Å². The quantitative estimate of drug-likeness (QED) is 0.849. The maximum atomic E-state index is 12.0. The van der Waals surface area contributed by atoms with Crippen molar-refractivity contribution in [1.29, 1.82) is 0 Å². The molecule has 2 aromatic rings. The number of hydrogen-bond donors (Lipinski definition) is 2. The van der Waals surface area contributed by atoms with Gasteiger partial charge in [0.25, 0.3) is 5.91 Å². The van der Waals surface area contributed by atoms with E-state index in [1.807, 2.05) is 6.92 Å². The molecule has 0 spiro atoms. The molecule has 0 radical (unpaired) electrons. The van der Waals surface area contributed by atoms with Crippen molar-refractivity contribution >= 4 is 23.2 Å². The molecule has 0 bridgehead atoms. The van der Waals surface area contributed by atoms with Crippen molar-refractivity contribution in [3.63, 3.8) is 0 Å². The summed E-state index contributed by atoms with van der Waals surface area (Å²) >= 11 is 5.87. The fourth-order valence-corrected chi connectivity index (χ4v) is 2.07. The van der Waals surface area contributed by atoms with Gasteiger partial charge < -0.3 is 11.1 Å². The van der Waals surface area contributed by atoms with E-state index in [-0.39, 0.29) is 5.91 Å². The van der Waals surface area contributed by atoms with Gasteiger partial charge in [0, 0.05) is 17.3 Å². The van der Waals surface area contributed by atoms with Gasteiger partial charge in [-0.25, -0.2) is 0 Å². The summed E-state index contributed by atoms with van der Waals surface area (Å²) in [7, 11) is 0. The van der Waals surface area contributed by atoms with Gasteiger partial charge in [0.2, 0.25) is 0 Å². The molecule has 3 N–H and O–H groups in total. The third-order valence-electron chi connectivity index (χ3n) is 3.08. The van der Waals surface area contributed by atoms with E-state index >= 15 is 0 Å². The fraction of sp³-hybridized carbons (Fsp3) is 0.188. The Labute approximate surface area is 123 Å². The lowest BCUT2D eigenvalue weighted by molar-refractivity contribution is 0.0955. The molecule has 4 heteroatoms. The lowest BCUT2D eigenvalue weighted by Crippen LogP contribution is -2.26. The number of aryl methyl sites for hydroxylation is 1. The second kappa shape index (κ2) is 6.44. The molecule has 20 heavy (non-hydrogen) atoms. The molecular formula is C16H17ClN2O. The number of carbonyl (C=O) groups excluding carboxylic acids is 1. The van der Waals surface area contributed by atoms with Crippen LogP contribution in [-0.2, 0) is 6.42 Å². The van der Waals surface area contributed by atoms with Crippen molar-refractivity contribution in [1.82, 2.24) is 5.32 Å². The molecule has 0 aliphatic rings. The summed E-state index contributed by atoms with van der Waals surface area (Å²) in [6.45, 7) is 2.61. The first kappa shape index (κ1) is 14.4. The molecular weight excluding hydrogens is 272 g/mol. The Hall–Kier alpha value is -2.00. The van der Waals surface area contributed by atoms with Crippen LogP contribution >= 0.6 is 11.6 Å². The monoisotopic (exact) mass is 288 g/mol. The summed E-state index contributed by atoms with van der Waals surface area (Å²) in [6, 6.07) is 13.1. The van der Waals surface area contributed by atoms with Crippen LogP contribution in [0.4, 0.5) is 5.69 Å². The summed E-state index contributed by atoms with van der Waals surface area (Å²) in [5.74, 6) is -0.197. The van der Waals surface area contributed by atoms with E-state index in [1.165, 1.54) is 11.1 Å². The van der Waals surface area contributed by atoms with Crippen LogP contribution in [0, 0.1) is 6.92 Å². The van der Waals surface area contributed by atoms with Crippen LogP contribution in [0.2, 0.25) is 5.02 Å². The van der Waals surface area contributed by atoms with E-state index in [0.717, 1.165) is 6.42 Å². The molecule has 0 unspecified atom stereocenters. The van der Waals surface area contributed by atoms with E-state index in [1.54, 1.807) is 18.2 Å². The van der Waals surface area contributed by atoms with Crippen LogP contribution in [0.3, 0.4) is 0 Å². The van der Waals surface area contributed by atoms with Crippen molar-refractivity contribution in [2.45, 2.75) is 13.3 Å². The van der Waals surface area contributed by atoms with Crippen molar-refractivity contribution in [3.05, 3.63) is 64.2 Å². The summed E-state index contributed by atoms with van der Waals surface area (Å²) < 4.78 is 0. The lowest BCUT2D eigenvalue weighted by Gasteiger charge is -2.08.